The van der Waals surface area contributed by atoms with Gasteiger partial charge in [0.15, 0.2) is 22.9 Å². The first-order chi connectivity index (χ1) is 46.4. The number of nitrogens with two attached hydrogens (primary N) is 1. The number of aliphatic hydroxyl groups is 1. The lowest BCUT2D eigenvalue weighted by atomic mass is 10.1. The lowest BCUT2D eigenvalue weighted by Crippen LogP contribution is -2.13. The van der Waals surface area contributed by atoms with Gasteiger partial charge in [-0.25, -0.2) is 4.79 Å². The highest BCUT2D eigenvalue weighted by Crippen LogP contribution is 2.35. The first kappa shape index (κ1) is 72.5. The van der Waals surface area contributed by atoms with Gasteiger partial charge in [0, 0.05) is 96.4 Å². The van der Waals surface area contributed by atoms with Gasteiger partial charge in [-0.2, -0.15) is 73.1 Å². The van der Waals surface area contributed by atoms with Crippen molar-refractivity contribution >= 4 is 34.6 Å². The minimum Gasteiger partial charge on any atom is -0.476 e. The number of aromatic nitrogens is 14. The smallest absolute Gasteiger partial charge is 0.416 e. The lowest BCUT2D eigenvalue weighted by molar-refractivity contribution is -0.385. The normalized spacial score (nSPS) is 11.2. The van der Waals surface area contributed by atoms with Crippen LogP contribution in [-0.4, -0.2) is 102 Å². The summed E-state index contributed by atoms with van der Waals surface area (Å²) < 4.78 is 175. The molecule has 12 aromatic rings. The second kappa shape index (κ2) is 32.3. The number of amides is 1. The molecule has 0 aliphatic carbocycles. The number of aliphatic hydroxyl groups excluding tert-OH is 1. The minimum atomic E-state index is -4.50. The van der Waals surface area contributed by atoms with Crippen molar-refractivity contribution in [2.45, 2.75) is 50.9 Å². The zero-order chi connectivity index (χ0) is 71.4. The Labute approximate surface area is 536 Å². The summed E-state index contributed by atoms with van der Waals surface area (Å²) in [6.07, 6.45) is 3.75. The third kappa shape index (κ3) is 21.0. The van der Waals surface area contributed by atoms with Gasteiger partial charge in [-0.15, -0.1) is 0 Å². The standard InChI is InChI=1S/C18H12F3N5O3.C10H7F3N4O2.C10H9F3N4.C8H5NO4.C7H6F3NO.C3H3N3O2/c19-18(20,21)13-3-4-22-7-11(13)9-26-10-12(8-23-26)24-17(27)14-6-16(29-25-14)15-2-1-5-28-15;11-10(12,13)9-1-2-14-3-7(9)5-16-6-8(4-15-16)17(18)19;11-10(12,13)9-1-2-15-3-7(9)5-17-6-8(14)4-16-17;10-8(11)5-4-7(13-9-5)6-2-1-3-12-6;8-7(9,10)6-1-2-11-3-5(6)4-12;7-6(8)3-1-4-5-2-3/h1-8,10H,9H2,(H,24,27);1-4,6H,5H2;1-4,6H,5,14H2;1-4H,(H,10,11);1-3,12H,4H2;1-2H,(H,4,5). The van der Waals surface area contributed by atoms with Crippen molar-refractivity contribution in [3.8, 4) is 23.0 Å². The summed E-state index contributed by atoms with van der Waals surface area (Å²) in [6, 6.07) is 12.9. The lowest BCUT2D eigenvalue weighted by Gasteiger charge is -2.11. The maximum Gasteiger partial charge on any atom is 0.416 e. The number of carboxylic acids is 1. The van der Waals surface area contributed by atoms with Gasteiger partial charge in [-0.3, -0.25) is 64.1 Å². The van der Waals surface area contributed by atoms with E-state index in [-0.39, 0.29) is 76.1 Å². The van der Waals surface area contributed by atoms with Gasteiger partial charge in [0.1, 0.15) is 18.6 Å². The van der Waals surface area contributed by atoms with Crippen LogP contribution in [-0.2, 0) is 50.9 Å². The van der Waals surface area contributed by atoms with Crippen molar-refractivity contribution in [3.05, 3.63) is 248 Å². The molecule has 0 unspecified atom stereocenters. The molecule has 30 nitrogen and oxygen atoms in total. The highest BCUT2D eigenvalue weighted by molar-refractivity contribution is 6.03. The Morgan fingerprint density at radius 3 is 1.32 bits per heavy atom. The van der Waals surface area contributed by atoms with E-state index >= 15 is 0 Å². The maximum atomic E-state index is 13.1. The molecule has 0 saturated carbocycles. The van der Waals surface area contributed by atoms with E-state index in [1.165, 1.54) is 71.2 Å². The van der Waals surface area contributed by atoms with Crippen molar-refractivity contribution in [1.82, 2.24) is 69.8 Å². The number of nitrogens with zero attached hydrogens (tertiary/aromatic N) is 15. The van der Waals surface area contributed by atoms with E-state index < -0.39 is 75.3 Å². The van der Waals surface area contributed by atoms with E-state index in [0.717, 1.165) is 90.9 Å². The monoisotopic (exact) mass is 1390 g/mol. The topological polar surface area (TPSA) is 411 Å². The molecule has 0 aromatic carbocycles. The second-order valence-corrected chi connectivity index (χ2v) is 18.9. The number of H-pyrrole nitrogens is 1. The molecule has 12 rings (SSSR count). The number of furan rings is 2. The number of alkyl halides is 12. The molecule has 0 atom stereocenters. The van der Waals surface area contributed by atoms with Crippen LogP contribution in [0.4, 0.5) is 75.4 Å². The molecule has 0 bridgehead atoms. The Balaban J connectivity index is 0.000000173. The molecule has 98 heavy (non-hydrogen) atoms. The van der Waals surface area contributed by atoms with Gasteiger partial charge in [-0.1, -0.05) is 10.3 Å². The van der Waals surface area contributed by atoms with Crippen molar-refractivity contribution in [3.63, 3.8) is 0 Å². The zero-order valence-electron chi connectivity index (χ0n) is 48.8. The molecule has 6 N–H and O–H groups in total. The molecule has 0 aliphatic rings. The largest absolute Gasteiger partial charge is 0.476 e. The van der Waals surface area contributed by atoms with Gasteiger partial charge >= 0.3 is 42.0 Å². The van der Waals surface area contributed by atoms with Crippen molar-refractivity contribution in [1.29, 1.82) is 0 Å². The number of carbonyl (C=O) groups is 2. The maximum absolute atomic E-state index is 13.1. The Morgan fingerprint density at radius 1 is 0.541 bits per heavy atom. The van der Waals surface area contributed by atoms with Crippen molar-refractivity contribution in [2.24, 2.45) is 0 Å². The number of nitrogen functional groups attached to an aromatic ring is 1. The quantitative estimate of drug-likeness (QED) is 0.0383. The van der Waals surface area contributed by atoms with E-state index in [4.69, 9.17) is 33.8 Å². The molecular weight excluding hydrogens is 1340 g/mol. The molecular formula is C56H42F12N18O12. The van der Waals surface area contributed by atoms with E-state index in [1.54, 1.807) is 24.3 Å². The molecule has 0 fully saturated rings. The zero-order valence-corrected chi connectivity index (χ0v) is 48.8. The van der Waals surface area contributed by atoms with Gasteiger partial charge in [0.2, 0.25) is 11.5 Å². The van der Waals surface area contributed by atoms with Crippen LogP contribution in [0.25, 0.3) is 23.0 Å². The Hall–Kier alpha value is -12.9. The van der Waals surface area contributed by atoms with Crippen LogP contribution in [0.1, 0.15) is 65.5 Å². The molecule has 1 amide bonds. The number of halogens is 12. The third-order valence-electron chi connectivity index (χ3n) is 12.1. The number of anilines is 2. The van der Waals surface area contributed by atoms with Crippen LogP contribution in [0.5, 0.6) is 0 Å². The highest BCUT2D eigenvalue weighted by Gasteiger charge is 2.36. The number of hydrogen-bond acceptors (Lipinski definition) is 22. The van der Waals surface area contributed by atoms with Crippen molar-refractivity contribution in [2.75, 3.05) is 11.1 Å². The van der Waals surface area contributed by atoms with Gasteiger partial charge in [0.25, 0.3) is 5.91 Å². The van der Waals surface area contributed by atoms with E-state index in [9.17, 15) is 82.5 Å². The fourth-order valence-electron chi connectivity index (χ4n) is 7.72. The molecule has 0 aliphatic heterocycles. The summed E-state index contributed by atoms with van der Waals surface area (Å²) in [5.41, 5.74) is 2.26. The van der Waals surface area contributed by atoms with Gasteiger partial charge < -0.3 is 39.1 Å². The van der Waals surface area contributed by atoms with E-state index in [1.807, 2.05) is 0 Å². The molecule has 42 heteroatoms. The van der Waals surface area contributed by atoms with Gasteiger partial charge in [0.05, 0.1) is 101 Å². The Morgan fingerprint density at radius 2 is 0.959 bits per heavy atom. The summed E-state index contributed by atoms with van der Waals surface area (Å²) in [4.78, 5) is 56.3. The number of hydrogen-bond donors (Lipinski definition) is 5. The summed E-state index contributed by atoms with van der Waals surface area (Å²) in [5, 5.41) is 64.0. The molecule has 0 spiro atoms. The average Bonchev–Trinajstić information content (AvgIpc) is 1.17. The summed E-state index contributed by atoms with van der Waals surface area (Å²) in [5.74, 6) is -0.221. The predicted molar refractivity (Wildman–Crippen MR) is 306 cm³/mol. The fourth-order valence-corrected chi connectivity index (χ4v) is 7.72. The summed E-state index contributed by atoms with van der Waals surface area (Å²) >= 11 is 0. The Bertz CT molecular complexity index is 4530. The van der Waals surface area contributed by atoms with E-state index in [0.29, 0.717) is 23.0 Å². The Kier molecular flexibility index (Phi) is 23.9. The summed E-state index contributed by atoms with van der Waals surface area (Å²) in [7, 11) is 0. The van der Waals surface area contributed by atoms with Crippen LogP contribution in [0.3, 0.4) is 0 Å². The number of carboxylic acid groups (broad SMARTS) is 1. The first-order valence-corrected chi connectivity index (χ1v) is 26.6. The number of nitrogens with one attached hydrogen (secondary N) is 2. The first-order valence-electron chi connectivity index (χ1n) is 26.6. The van der Waals surface area contributed by atoms with Crippen LogP contribution in [0.15, 0.2) is 190 Å². The van der Waals surface area contributed by atoms with Crippen LogP contribution >= 0.6 is 0 Å². The predicted octanol–water partition coefficient (Wildman–Crippen LogP) is 11.6. The number of carbonyl (C=O) groups excluding carboxylic acids is 1. The highest BCUT2D eigenvalue weighted by atomic mass is 19.4. The number of rotatable bonds is 14. The van der Waals surface area contributed by atoms with Crippen molar-refractivity contribution < 1.29 is 100 Å². The number of nitro groups is 2. The molecule has 12 aromatic heterocycles. The number of aromatic carboxylic acids is 1. The fraction of sp³-hybridized carbons (Fsp3) is 0.143. The summed E-state index contributed by atoms with van der Waals surface area (Å²) in [6.45, 7) is -1.07. The van der Waals surface area contributed by atoms with Crippen LogP contribution < -0.4 is 11.1 Å². The molecule has 512 valence electrons. The average molecular weight is 1390 g/mol. The molecule has 0 radical (unpaired) electrons. The van der Waals surface area contributed by atoms with Crippen LogP contribution in [0.2, 0.25) is 0 Å². The number of aromatic amines is 1. The SMILES string of the molecule is Nc1cnn(Cc2cnccc2C(F)(F)F)c1.O=C(Nc1cnn(Cc2cnccc2C(F)(F)F)c1)c1cc(-c2ccco2)on1.O=C(O)c1cc(-c2ccco2)on1.O=[N+]([O-])c1cn[nH]c1.O=[N+]([O-])c1cnn(Cc2cnccc2C(F)(F)F)c1.OCc1cnccc1C(F)(F)F. The van der Waals surface area contributed by atoms with Crippen LogP contribution in [0, 0.1) is 20.2 Å². The van der Waals surface area contributed by atoms with Gasteiger partial charge in [-0.05, 0) is 48.5 Å². The van der Waals surface area contributed by atoms with E-state index in [2.05, 4.69) is 61.1 Å². The number of pyridine rings is 4. The molecule has 0 saturated heterocycles. The third-order valence-corrected chi connectivity index (χ3v) is 12.1. The second-order valence-electron chi connectivity index (χ2n) is 18.9. The molecule has 12 heterocycles. The minimum absolute atomic E-state index is 0.00926.